The van der Waals surface area contributed by atoms with Gasteiger partial charge in [-0.15, -0.1) is 0 Å². The van der Waals surface area contributed by atoms with Crippen LogP contribution in [0.4, 0.5) is 0 Å². The fourth-order valence-electron chi connectivity index (χ4n) is 2.33. The van der Waals surface area contributed by atoms with Gasteiger partial charge in [0.05, 0.1) is 30.0 Å². The molecule has 84 valence electrons. The molecule has 1 aromatic carbocycles. The third-order valence-electron chi connectivity index (χ3n) is 3.20. The number of ether oxygens (including phenoxy) is 1. The van der Waals surface area contributed by atoms with Gasteiger partial charge in [-0.1, -0.05) is 12.1 Å². The molecule has 1 fully saturated rings. The highest BCUT2D eigenvalue weighted by molar-refractivity contribution is 5.74. The molecule has 1 saturated heterocycles. The van der Waals surface area contributed by atoms with Gasteiger partial charge >= 0.3 is 0 Å². The van der Waals surface area contributed by atoms with Gasteiger partial charge in [0.1, 0.15) is 0 Å². The molecule has 1 aliphatic heterocycles. The zero-order valence-electron chi connectivity index (χ0n) is 9.30. The van der Waals surface area contributed by atoms with Gasteiger partial charge < -0.3 is 9.30 Å². The molecule has 0 bridgehead atoms. The molecule has 1 atom stereocenters. The van der Waals surface area contributed by atoms with E-state index < -0.39 is 0 Å². The maximum absolute atomic E-state index is 5.75. The summed E-state index contributed by atoms with van der Waals surface area (Å²) in [5.74, 6) is 0. The van der Waals surface area contributed by atoms with Crippen molar-refractivity contribution in [1.82, 2.24) is 9.55 Å². The summed E-state index contributed by atoms with van der Waals surface area (Å²) < 4.78 is 7.95. The molecular formula is C13H16N2O. The van der Waals surface area contributed by atoms with Crippen LogP contribution in [0.25, 0.3) is 11.0 Å². The molecular weight excluding hydrogens is 200 g/mol. The molecule has 1 aromatic heterocycles. The summed E-state index contributed by atoms with van der Waals surface area (Å²) >= 11 is 0. The Bertz CT molecular complexity index is 471. The molecule has 2 heterocycles. The largest absolute Gasteiger partial charge is 0.376 e. The summed E-state index contributed by atoms with van der Waals surface area (Å²) in [6.07, 6.45) is 5.96. The third kappa shape index (κ3) is 1.83. The van der Waals surface area contributed by atoms with E-state index in [9.17, 15) is 0 Å². The Morgan fingerprint density at radius 3 is 3.12 bits per heavy atom. The molecule has 0 radical (unpaired) electrons. The maximum Gasteiger partial charge on any atom is 0.0959 e. The van der Waals surface area contributed by atoms with Crippen LogP contribution in [0.5, 0.6) is 0 Å². The highest BCUT2D eigenvalue weighted by Gasteiger charge is 2.15. The second-order valence-electron chi connectivity index (χ2n) is 4.37. The van der Waals surface area contributed by atoms with Crippen LogP contribution in [0.2, 0.25) is 0 Å². The third-order valence-corrected chi connectivity index (χ3v) is 3.20. The number of aromatic nitrogens is 2. The average molecular weight is 216 g/mol. The van der Waals surface area contributed by atoms with Crippen molar-refractivity contribution in [2.24, 2.45) is 0 Å². The maximum atomic E-state index is 5.75. The Balaban J connectivity index is 1.83. The minimum atomic E-state index is 0.367. The van der Waals surface area contributed by atoms with Gasteiger partial charge in [0.25, 0.3) is 0 Å². The predicted octanol–water partition coefficient (Wildman–Crippen LogP) is 2.61. The van der Waals surface area contributed by atoms with E-state index in [2.05, 4.69) is 21.7 Å². The van der Waals surface area contributed by atoms with E-state index in [1.54, 1.807) is 0 Å². The first-order valence-corrected chi connectivity index (χ1v) is 5.95. The highest BCUT2D eigenvalue weighted by Crippen LogP contribution is 2.17. The smallest absolute Gasteiger partial charge is 0.0959 e. The van der Waals surface area contributed by atoms with Crippen molar-refractivity contribution >= 4 is 11.0 Å². The van der Waals surface area contributed by atoms with Crippen molar-refractivity contribution in [3.05, 3.63) is 30.6 Å². The summed E-state index contributed by atoms with van der Waals surface area (Å²) in [6, 6.07) is 8.25. The van der Waals surface area contributed by atoms with Crippen molar-refractivity contribution in [2.45, 2.75) is 31.9 Å². The lowest BCUT2D eigenvalue weighted by Gasteiger charge is -2.23. The number of hydrogen-bond donors (Lipinski definition) is 0. The number of fused-ring (bicyclic) bond motifs is 1. The van der Waals surface area contributed by atoms with Gasteiger partial charge in [0.15, 0.2) is 0 Å². The number of hydrogen-bond acceptors (Lipinski definition) is 2. The van der Waals surface area contributed by atoms with Gasteiger partial charge in [0.2, 0.25) is 0 Å². The van der Waals surface area contributed by atoms with E-state index in [1.807, 2.05) is 18.5 Å². The average Bonchev–Trinajstić information content (AvgIpc) is 2.74. The van der Waals surface area contributed by atoms with Crippen molar-refractivity contribution in [2.75, 3.05) is 6.61 Å². The first kappa shape index (κ1) is 9.85. The van der Waals surface area contributed by atoms with Crippen molar-refractivity contribution in [1.29, 1.82) is 0 Å². The lowest BCUT2D eigenvalue weighted by molar-refractivity contribution is 0.00661. The van der Waals surface area contributed by atoms with Crippen LogP contribution < -0.4 is 0 Å². The number of para-hydroxylation sites is 2. The quantitative estimate of drug-likeness (QED) is 0.771. The van der Waals surface area contributed by atoms with E-state index in [4.69, 9.17) is 4.74 Å². The monoisotopic (exact) mass is 216 g/mol. The van der Waals surface area contributed by atoms with Gasteiger partial charge in [-0.3, -0.25) is 0 Å². The minimum absolute atomic E-state index is 0.367. The van der Waals surface area contributed by atoms with E-state index in [-0.39, 0.29) is 0 Å². The molecule has 1 aliphatic rings. The van der Waals surface area contributed by atoms with Crippen LogP contribution in [0, 0.1) is 0 Å². The topological polar surface area (TPSA) is 27.1 Å². The van der Waals surface area contributed by atoms with E-state index in [0.29, 0.717) is 6.10 Å². The first-order valence-electron chi connectivity index (χ1n) is 5.95. The van der Waals surface area contributed by atoms with E-state index in [1.165, 1.54) is 24.8 Å². The highest BCUT2D eigenvalue weighted by atomic mass is 16.5. The SMILES string of the molecule is c1ccc2c(c1)ncn2CC1CCCCO1. The van der Waals surface area contributed by atoms with Crippen molar-refractivity contribution in [3.63, 3.8) is 0 Å². The van der Waals surface area contributed by atoms with Crippen molar-refractivity contribution < 1.29 is 4.74 Å². The number of imidazole rings is 1. The molecule has 3 rings (SSSR count). The Labute approximate surface area is 95.0 Å². The minimum Gasteiger partial charge on any atom is -0.376 e. The number of nitrogens with zero attached hydrogens (tertiary/aromatic N) is 2. The molecule has 0 N–H and O–H groups in total. The van der Waals surface area contributed by atoms with Crippen LogP contribution >= 0.6 is 0 Å². The van der Waals surface area contributed by atoms with Gasteiger partial charge in [-0.2, -0.15) is 0 Å². The Morgan fingerprint density at radius 2 is 2.25 bits per heavy atom. The Hall–Kier alpha value is -1.35. The summed E-state index contributed by atoms with van der Waals surface area (Å²) in [5.41, 5.74) is 2.27. The molecule has 0 saturated carbocycles. The summed E-state index contributed by atoms with van der Waals surface area (Å²) in [7, 11) is 0. The van der Waals surface area contributed by atoms with Crippen LogP contribution in [0.1, 0.15) is 19.3 Å². The lowest BCUT2D eigenvalue weighted by atomic mass is 10.1. The Kier molecular flexibility index (Phi) is 2.62. The van der Waals surface area contributed by atoms with Gasteiger partial charge in [-0.25, -0.2) is 4.98 Å². The first-order chi connectivity index (χ1) is 7.93. The molecule has 0 aliphatic carbocycles. The van der Waals surface area contributed by atoms with E-state index in [0.717, 1.165) is 18.7 Å². The van der Waals surface area contributed by atoms with Gasteiger partial charge in [-0.05, 0) is 31.4 Å². The number of benzene rings is 1. The van der Waals surface area contributed by atoms with Crippen molar-refractivity contribution in [3.8, 4) is 0 Å². The fraction of sp³-hybridized carbons (Fsp3) is 0.462. The molecule has 3 heteroatoms. The fourth-order valence-corrected chi connectivity index (χ4v) is 2.33. The summed E-state index contributed by atoms with van der Waals surface area (Å²) in [5, 5.41) is 0. The standard InChI is InChI=1S/C13H16N2O/c1-2-7-13-12(6-1)14-10-15(13)9-11-5-3-4-8-16-11/h1-2,6-7,10-11H,3-5,8-9H2. The molecule has 2 aromatic rings. The van der Waals surface area contributed by atoms with Crippen LogP contribution in [0.3, 0.4) is 0 Å². The summed E-state index contributed by atoms with van der Waals surface area (Å²) in [4.78, 5) is 4.39. The second kappa shape index (κ2) is 4.26. The van der Waals surface area contributed by atoms with Gasteiger partial charge in [0, 0.05) is 6.61 Å². The lowest BCUT2D eigenvalue weighted by Crippen LogP contribution is -2.24. The molecule has 1 unspecified atom stereocenters. The molecule has 0 spiro atoms. The summed E-state index contributed by atoms with van der Waals surface area (Å²) in [6.45, 7) is 1.85. The van der Waals surface area contributed by atoms with Crippen LogP contribution in [-0.2, 0) is 11.3 Å². The zero-order chi connectivity index (χ0) is 10.8. The molecule has 16 heavy (non-hydrogen) atoms. The molecule has 0 amide bonds. The molecule has 3 nitrogen and oxygen atoms in total. The zero-order valence-corrected chi connectivity index (χ0v) is 9.30. The normalized spacial score (nSPS) is 21.4. The van der Waals surface area contributed by atoms with Crippen LogP contribution in [0.15, 0.2) is 30.6 Å². The second-order valence-corrected chi connectivity index (χ2v) is 4.37. The predicted molar refractivity (Wildman–Crippen MR) is 63.3 cm³/mol. The van der Waals surface area contributed by atoms with E-state index >= 15 is 0 Å². The Morgan fingerprint density at radius 1 is 1.31 bits per heavy atom. The number of rotatable bonds is 2. The van der Waals surface area contributed by atoms with Crippen LogP contribution in [-0.4, -0.2) is 22.3 Å².